The van der Waals surface area contributed by atoms with E-state index in [2.05, 4.69) is 0 Å². The van der Waals surface area contributed by atoms with Crippen molar-refractivity contribution in [2.24, 2.45) is 0 Å². The lowest BCUT2D eigenvalue weighted by atomic mass is 10.0. The van der Waals surface area contributed by atoms with Crippen LogP contribution >= 0.6 is 0 Å². The van der Waals surface area contributed by atoms with Crippen LogP contribution in [0.3, 0.4) is 0 Å². The van der Waals surface area contributed by atoms with Crippen molar-refractivity contribution in [3.63, 3.8) is 0 Å². The van der Waals surface area contributed by atoms with Crippen LogP contribution in [0, 0.1) is 0 Å². The molecule has 0 spiro atoms. The topological polar surface area (TPSA) is 75.0 Å². The molecule has 0 aliphatic heterocycles. The highest BCUT2D eigenvalue weighted by Crippen LogP contribution is 2.36. The van der Waals surface area contributed by atoms with Gasteiger partial charge in [0.05, 0.1) is 26.4 Å². The van der Waals surface area contributed by atoms with Gasteiger partial charge in [0, 0.05) is 22.8 Å². The molecule has 6 nitrogen and oxygen atoms in total. The van der Waals surface area contributed by atoms with Gasteiger partial charge in [-0.15, -0.1) is 0 Å². The summed E-state index contributed by atoms with van der Waals surface area (Å²) in [6.07, 6.45) is 2.12. The molecule has 3 rings (SSSR count). The van der Waals surface area contributed by atoms with Crippen LogP contribution in [0.25, 0.3) is 16.9 Å². The molecule has 0 aliphatic rings. The minimum absolute atomic E-state index is 0.303. The molecule has 3 aromatic rings. The summed E-state index contributed by atoms with van der Waals surface area (Å²) in [6, 6.07) is 15.9. The summed E-state index contributed by atoms with van der Waals surface area (Å²) in [5.41, 5.74) is 2.41. The fraction of sp³-hybridized carbons (Fsp3) is 0.167. The van der Waals surface area contributed by atoms with Gasteiger partial charge in [0.2, 0.25) is 0 Å². The van der Waals surface area contributed by atoms with Gasteiger partial charge in [-0.1, -0.05) is 12.1 Å². The second-order valence-corrected chi connectivity index (χ2v) is 6.25. The summed E-state index contributed by atoms with van der Waals surface area (Å²) in [7, 11) is 3.12. The first-order valence-corrected chi connectivity index (χ1v) is 9.36. The van der Waals surface area contributed by atoms with Gasteiger partial charge >= 0.3 is 5.97 Å². The van der Waals surface area contributed by atoms with E-state index in [1.165, 1.54) is 6.08 Å². The Morgan fingerprint density at radius 2 is 1.87 bits per heavy atom. The van der Waals surface area contributed by atoms with Gasteiger partial charge in [-0.25, -0.2) is 4.79 Å². The standard InChI is InChI=1S/C24H22O6/c1-4-29-24(26)17-7-5-6-16(14-17)21-10-11-22(30-21)20(12-13-25)19-9-8-18(27-2)15-23(19)28-3/h5-15H,4H2,1-3H3/b20-12+. The summed E-state index contributed by atoms with van der Waals surface area (Å²) in [5.74, 6) is 1.83. The molecule has 1 aromatic heterocycles. The van der Waals surface area contributed by atoms with Crippen LogP contribution < -0.4 is 9.47 Å². The highest BCUT2D eigenvalue weighted by atomic mass is 16.5. The third-order valence-corrected chi connectivity index (χ3v) is 4.46. The number of furan rings is 1. The van der Waals surface area contributed by atoms with Crippen molar-refractivity contribution in [1.29, 1.82) is 0 Å². The molecule has 0 saturated heterocycles. The normalized spacial score (nSPS) is 11.1. The summed E-state index contributed by atoms with van der Waals surface area (Å²) in [5, 5.41) is 0. The number of esters is 1. The minimum atomic E-state index is -0.393. The van der Waals surface area contributed by atoms with Crippen molar-refractivity contribution in [2.45, 2.75) is 6.92 Å². The predicted octanol–water partition coefficient (Wildman–Crippen LogP) is 4.77. The lowest BCUT2D eigenvalue weighted by molar-refractivity contribution is -0.104. The van der Waals surface area contributed by atoms with Crippen LogP contribution in [0.4, 0.5) is 0 Å². The molecule has 30 heavy (non-hydrogen) atoms. The van der Waals surface area contributed by atoms with Crippen LogP contribution in [0.2, 0.25) is 0 Å². The van der Waals surface area contributed by atoms with E-state index in [0.29, 0.717) is 52.6 Å². The zero-order valence-corrected chi connectivity index (χ0v) is 17.0. The van der Waals surface area contributed by atoms with E-state index in [1.54, 1.807) is 69.7 Å². The molecule has 0 atom stereocenters. The molecule has 0 N–H and O–H groups in total. The maximum Gasteiger partial charge on any atom is 0.338 e. The van der Waals surface area contributed by atoms with E-state index >= 15 is 0 Å². The number of benzene rings is 2. The lowest BCUT2D eigenvalue weighted by Gasteiger charge is -2.12. The Balaban J connectivity index is 1.99. The number of rotatable bonds is 8. The highest BCUT2D eigenvalue weighted by molar-refractivity contribution is 5.92. The van der Waals surface area contributed by atoms with E-state index in [4.69, 9.17) is 18.6 Å². The Hall–Kier alpha value is -3.80. The Morgan fingerprint density at radius 3 is 2.57 bits per heavy atom. The third-order valence-electron chi connectivity index (χ3n) is 4.46. The Kier molecular flexibility index (Phi) is 6.70. The average molecular weight is 406 g/mol. The van der Waals surface area contributed by atoms with Gasteiger partial charge in [-0.2, -0.15) is 0 Å². The molecule has 2 aromatic carbocycles. The number of hydrogen-bond donors (Lipinski definition) is 0. The number of ether oxygens (including phenoxy) is 3. The lowest BCUT2D eigenvalue weighted by Crippen LogP contribution is -2.04. The third kappa shape index (κ3) is 4.43. The average Bonchev–Trinajstić information content (AvgIpc) is 3.27. The molecule has 0 unspecified atom stereocenters. The Morgan fingerprint density at radius 1 is 1.03 bits per heavy atom. The maximum atomic E-state index is 12.0. The van der Waals surface area contributed by atoms with Crippen LogP contribution in [0.1, 0.15) is 28.6 Å². The summed E-state index contributed by atoms with van der Waals surface area (Å²) in [4.78, 5) is 23.3. The number of hydrogen-bond acceptors (Lipinski definition) is 6. The molecule has 6 heteroatoms. The molecular formula is C24H22O6. The van der Waals surface area contributed by atoms with Crippen molar-refractivity contribution in [2.75, 3.05) is 20.8 Å². The molecule has 0 saturated carbocycles. The van der Waals surface area contributed by atoms with E-state index in [0.717, 1.165) is 5.56 Å². The quantitative estimate of drug-likeness (QED) is 0.305. The molecule has 0 radical (unpaired) electrons. The molecular weight excluding hydrogens is 384 g/mol. The van der Waals surface area contributed by atoms with E-state index in [9.17, 15) is 9.59 Å². The van der Waals surface area contributed by atoms with Gasteiger partial charge in [0.1, 0.15) is 29.3 Å². The Bertz CT molecular complexity index is 1080. The first kappa shape index (κ1) is 20.9. The van der Waals surface area contributed by atoms with Crippen molar-refractivity contribution >= 4 is 17.8 Å². The van der Waals surface area contributed by atoms with Crippen molar-refractivity contribution < 1.29 is 28.2 Å². The fourth-order valence-electron chi connectivity index (χ4n) is 3.05. The van der Waals surface area contributed by atoms with Gasteiger partial charge in [-0.3, -0.25) is 4.79 Å². The van der Waals surface area contributed by atoms with Gasteiger partial charge in [0.25, 0.3) is 0 Å². The van der Waals surface area contributed by atoms with Crippen LogP contribution in [0.5, 0.6) is 11.5 Å². The largest absolute Gasteiger partial charge is 0.497 e. The first-order valence-electron chi connectivity index (χ1n) is 9.36. The van der Waals surface area contributed by atoms with Crippen LogP contribution in [-0.2, 0) is 9.53 Å². The van der Waals surface area contributed by atoms with Crippen molar-refractivity contribution in [3.8, 4) is 22.8 Å². The van der Waals surface area contributed by atoms with Gasteiger partial charge < -0.3 is 18.6 Å². The maximum absolute atomic E-state index is 12.0. The van der Waals surface area contributed by atoms with Crippen LogP contribution in [-0.4, -0.2) is 33.1 Å². The van der Waals surface area contributed by atoms with Crippen LogP contribution in [0.15, 0.2) is 65.1 Å². The number of carbonyl (C=O) groups excluding carboxylic acids is 2. The molecule has 0 amide bonds. The molecule has 0 fully saturated rings. The minimum Gasteiger partial charge on any atom is -0.497 e. The molecule has 154 valence electrons. The number of methoxy groups -OCH3 is 2. The zero-order valence-electron chi connectivity index (χ0n) is 17.0. The zero-order chi connectivity index (χ0) is 21.5. The van der Waals surface area contributed by atoms with E-state index in [1.807, 2.05) is 6.07 Å². The van der Waals surface area contributed by atoms with Crippen molar-refractivity contribution in [3.05, 3.63) is 77.6 Å². The van der Waals surface area contributed by atoms with E-state index in [-0.39, 0.29) is 0 Å². The second-order valence-electron chi connectivity index (χ2n) is 6.25. The fourth-order valence-corrected chi connectivity index (χ4v) is 3.05. The predicted molar refractivity (Wildman–Crippen MR) is 113 cm³/mol. The summed E-state index contributed by atoms with van der Waals surface area (Å²) in [6.45, 7) is 2.06. The summed E-state index contributed by atoms with van der Waals surface area (Å²) >= 11 is 0. The monoisotopic (exact) mass is 406 g/mol. The second kappa shape index (κ2) is 9.60. The molecule has 0 aliphatic carbocycles. The Labute approximate surface area is 174 Å². The number of aldehydes is 1. The van der Waals surface area contributed by atoms with Gasteiger partial charge in [-0.05, 0) is 49.4 Å². The molecule has 0 bridgehead atoms. The SMILES string of the molecule is CCOC(=O)c1cccc(-c2ccc(/C(=C/C=O)c3ccc(OC)cc3OC)o2)c1. The van der Waals surface area contributed by atoms with Crippen molar-refractivity contribution in [1.82, 2.24) is 0 Å². The smallest absolute Gasteiger partial charge is 0.338 e. The van der Waals surface area contributed by atoms with Gasteiger partial charge in [0.15, 0.2) is 0 Å². The number of allylic oxidation sites excluding steroid dienone is 1. The first-order chi connectivity index (χ1) is 14.6. The number of carbonyl (C=O) groups is 2. The molecule has 1 heterocycles. The van der Waals surface area contributed by atoms with E-state index < -0.39 is 5.97 Å². The summed E-state index contributed by atoms with van der Waals surface area (Å²) < 4.78 is 21.8. The highest BCUT2D eigenvalue weighted by Gasteiger charge is 2.17.